The third-order valence-electron chi connectivity index (χ3n) is 9.56. The SMILES string of the molecule is C[C]1[CH][C](c2ccccc2-c2ccccc2[C]2[CH][C](C)[C](C)[CH]2)[CH][C]1C.Oc1ccc2ccccc2c1-c1c(O)ccc2ccccc12.[Ti+2]. The van der Waals surface area contributed by atoms with Gasteiger partial charge in [-0.25, -0.2) is 0 Å². The molecule has 0 spiro atoms. The fourth-order valence-corrected chi connectivity index (χ4v) is 6.77. The molecule has 8 rings (SSSR count). The average molecular weight is 671 g/mol. The van der Waals surface area contributed by atoms with Gasteiger partial charge in [-0.15, -0.1) is 0 Å². The second-order valence-corrected chi connectivity index (χ2v) is 12.7. The molecule has 2 aliphatic carbocycles. The Morgan fingerprint density at radius 3 is 1.02 bits per heavy atom. The first-order valence-electron chi connectivity index (χ1n) is 16.4. The van der Waals surface area contributed by atoms with Crippen LogP contribution in [0.1, 0.15) is 38.8 Å². The molecule has 0 aromatic heterocycles. The molecule has 2 fully saturated rings. The van der Waals surface area contributed by atoms with E-state index in [0.29, 0.717) is 11.1 Å². The average Bonchev–Trinajstić information content (AvgIpc) is 3.64. The Kier molecular flexibility index (Phi) is 10.7. The van der Waals surface area contributed by atoms with Gasteiger partial charge in [-0.05, 0) is 105 Å². The minimum atomic E-state index is 0. The van der Waals surface area contributed by atoms with Crippen LogP contribution in [-0.2, 0) is 21.7 Å². The van der Waals surface area contributed by atoms with Crippen LogP contribution in [0.4, 0.5) is 0 Å². The summed E-state index contributed by atoms with van der Waals surface area (Å²) < 4.78 is 0. The van der Waals surface area contributed by atoms with E-state index in [9.17, 15) is 10.2 Å². The van der Waals surface area contributed by atoms with Gasteiger partial charge < -0.3 is 10.2 Å². The molecule has 10 radical (unpaired) electrons. The summed E-state index contributed by atoms with van der Waals surface area (Å²) in [5.74, 6) is 8.36. The summed E-state index contributed by atoms with van der Waals surface area (Å²) in [7, 11) is 0. The van der Waals surface area contributed by atoms with Crippen molar-refractivity contribution in [2.24, 2.45) is 0 Å². The molecule has 0 atom stereocenters. The first-order valence-corrected chi connectivity index (χ1v) is 16.4. The Labute approximate surface area is 307 Å². The van der Waals surface area contributed by atoms with Gasteiger partial charge in [-0.3, -0.25) is 0 Å². The van der Waals surface area contributed by atoms with Gasteiger partial charge in [0, 0.05) is 23.0 Å². The van der Waals surface area contributed by atoms with Crippen molar-refractivity contribution in [2.45, 2.75) is 27.7 Å². The van der Waals surface area contributed by atoms with E-state index in [1.54, 1.807) is 12.1 Å². The topological polar surface area (TPSA) is 40.5 Å². The third kappa shape index (κ3) is 6.96. The molecule has 0 aliphatic heterocycles. The standard InChI is InChI=1S/C26H24.C20H14O2.Ti/c1-17-13-21(14-18(17)2)23-9-5-7-11-25(23)26-12-8-6-10-24(26)22-15-19(3)20(4)16-22;21-17-11-9-13-5-1-3-7-15(13)19(17)20-16-8-4-2-6-14(16)10-12-18(20)22;/h5-16H,1-4H3;1-12,21-22H;/q;;+2. The van der Waals surface area contributed by atoms with Gasteiger partial charge in [0.05, 0.1) is 0 Å². The summed E-state index contributed by atoms with van der Waals surface area (Å²) in [6.45, 7) is 8.74. The van der Waals surface area contributed by atoms with E-state index in [2.05, 4.69) is 102 Å². The fraction of sp³-hybridized carbons (Fsp3) is 0.0870. The number of phenolic OH excluding ortho intramolecular Hbond substituents is 2. The maximum Gasteiger partial charge on any atom is 2.00 e. The molecule has 236 valence electrons. The monoisotopic (exact) mass is 670 g/mol. The number of hydrogen-bond acceptors (Lipinski definition) is 2. The van der Waals surface area contributed by atoms with E-state index in [0.717, 1.165) is 21.5 Å². The molecule has 2 N–H and O–H groups in total. The van der Waals surface area contributed by atoms with Crippen molar-refractivity contribution in [1.29, 1.82) is 0 Å². The summed E-state index contributed by atoms with van der Waals surface area (Å²) in [6, 6.07) is 40.4. The van der Waals surface area contributed by atoms with Crippen LogP contribution in [0.2, 0.25) is 0 Å². The van der Waals surface area contributed by atoms with Crippen molar-refractivity contribution in [3.63, 3.8) is 0 Å². The minimum absolute atomic E-state index is 0. The van der Waals surface area contributed by atoms with E-state index < -0.39 is 0 Å². The molecule has 49 heavy (non-hydrogen) atoms. The second-order valence-electron chi connectivity index (χ2n) is 12.7. The van der Waals surface area contributed by atoms with Gasteiger partial charge in [-0.1, -0.05) is 137 Å². The number of fused-ring (bicyclic) bond motifs is 2. The van der Waals surface area contributed by atoms with Crippen molar-refractivity contribution >= 4 is 21.5 Å². The molecule has 0 saturated heterocycles. The zero-order chi connectivity index (χ0) is 33.4. The maximum atomic E-state index is 10.4. The Morgan fingerprint density at radius 1 is 0.347 bits per heavy atom. The Morgan fingerprint density at radius 2 is 0.653 bits per heavy atom. The molecule has 3 heteroatoms. The number of benzene rings is 6. The molecule has 0 amide bonds. The van der Waals surface area contributed by atoms with Crippen LogP contribution in [0, 0.1) is 61.2 Å². The van der Waals surface area contributed by atoms with Crippen LogP contribution in [0.25, 0.3) is 43.8 Å². The van der Waals surface area contributed by atoms with Gasteiger partial charge in [0.1, 0.15) is 11.5 Å². The van der Waals surface area contributed by atoms with Gasteiger partial charge in [0.25, 0.3) is 0 Å². The van der Waals surface area contributed by atoms with E-state index in [1.807, 2.05) is 60.7 Å². The van der Waals surface area contributed by atoms with Crippen molar-refractivity contribution < 1.29 is 31.9 Å². The summed E-state index contributed by atoms with van der Waals surface area (Å²) >= 11 is 0. The summed E-state index contributed by atoms with van der Waals surface area (Å²) in [5, 5.41) is 24.8. The van der Waals surface area contributed by atoms with Crippen LogP contribution >= 0.6 is 0 Å². The Bertz CT molecular complexity index is 1900. The van der Waals surface area contributed by atoms with Crippen molar-refractivity contribution in [2.75, 3.05) is 0 Å². The van der Waals surface area contributed by atoms with E-state index in [-0.39, 0.29) is 33.2 Å². The fourth-order valence-electron chi connectivity index (χ4n) is 6.77. The smallest absolute Gasteiger partial charge is 0.507 e. The molecule has 0 bridgehead atoms. The predicted octanol–water partition coefficient (Wildman–Crippen LogP) is 11.5. The summed E-state index contributed by atoms with van der Waals surface area (Å²) in [4.78, 5) is 0. The summed E-state index contributed by atoms with van der Waals surface area (Å²) in [6.07, 6.45) is 9.20. The molecule has 2 saturated carbocycles. The van der Waals surface area contributed by atoms with E-state index in [4.69, 9.17) is 0 Å². The number of aromatic hydroxyl groups is 2. The van der Waals surface area contributed by atoms with Crippen molar-refractivity contribution in [3.05, 3.63) is 194 Å². The van der Waals surface area contributed by atoms with Gasteiger partial charge in [-0.2, -0.15) is 0 Å². The second kappa shape index (κ2) is 15.0. The molecule has 2 aliphatic rings. The molecule has 0 heterocycles. The van der Waals surface area contributed by atoms with Gasteiger partial charge in [0.15, 0.2) is 0 Å². The Balaban J connectivity index is 0.000000169. The molecular weight excluding hydrogens is 632 g/mol. The normalized spacial score (nSPS) is 16.6. The largest absolute Gasteiger partial charge is 2.00 e. The van der Waals surface area contributed by atoms with Crippen LogP contribution < -0.4 is 0 Å². The quantitative estimate of drug-likeness (QED) is 0.183. The van der Waals surface area contributed by atoms with Gasteiger partial charge in [0.2, 0.25) is 0 Å². The number of hydrogen-bond donors (Lipinski definition) is 2. The molecule has 6 aromatic carbocycles. The maximum absolute atomic E-state index is 10.4. The van der Waals surface area contributed by atoms with Crippen LogP contribution in [0.3, 0.4) is 0 Å². The zero-order valence-corrected chi connectivity index (χ0v) is 29.8. The van der Waals surface area contributed by atoms with Crippen LogP contribution in [0.15, 0.2) is 121 Å². The van der Waals surface area contributed by atoms with Crippen LogP contribution in [-0.4, -0.2) is 10.2 Å². The Hall–Kier alpha value is -3.85. The molecule has 2 nitrogen and oxygen atoms in total. The van der Waals surface area contributed by atoms with Gasteiger partial charge >= 0.3 is 21.7 Å². The zero-order valence-electron chi connectivity index (χ0n) is 28.3. The summed E-state index contributed by atoms with van der Waals surface area (Å²) in [5.41, 5.74) is 6.54. The first kappa shape index (κ1) is 35.0. The van der Waals surface area contributed by atoms with Crippen molar-refractivity contribution in [3.8, 4) is 33.8 Å². The third-order valence-corrected chi connectivity index (χ3v) is 9.56. The van der Waals surface area contributed by atoms with Crippen molar-refractivity contribution in [1.82, 2.24) is 0 Å². The number of phenols is 2. The predicted molar refractivity (Wildman–Crippen MR) is 200 cm³/mol. The molecule has 0 unspecified atom stereocenters. The van der Waals surface area contributed by atoms with E-state index >= 15 is 0 Å². The molecular formula is C46H38O2Ti+2. The first-order chi connectivity index (χ1) is 23.3. The number of rotatable bonds is 4. The molecule has 6 aromatic rings. The van der Waals surface area contributed by atoms with E-state index in [1.165, 1.54) is 57.8 Å². The minimum Gasteiger partial charge on any atom is -0.507 e. The van der Waals surface area contributed by atoms with Crippen LogP contribution in [0.5, 0.6) is 11.5 Å².